The lowest BCUT2D eigenvalue weighted by Crippen LogP contribution is -2.18. The molecule has 0 aliphatic heterocycles. The molecular weight excluding hydrogens is 277 g/mol. The molecular formula is C16H17ClFNO. The van der Waals surface area contributed by atoms with E-state index in [1.165, 1.54) is 6.07 Å². The first-order valence-corrected chi connectivity index (χ1v) is 6.80. The van der Waals surface area contributed by atoms with E-state index in [0.29, 0.717) is 6.54 Å². The minimum atomic E-state index is -0.393. The third kappa shape index (κ3) is 3.50. The fraction of sp³-hybridized carbons (Fsp3) is 0.250. The van der Waals surface area contributed by atoms with Crippen molar-refractivity contribution in [3.8, 4) is 5.75 Å². The van der Waals surface area contributed by atoms with Gasteiger partial charge in [-0.15, -0.1) is 0 Å². The van der Waals surface area contributed by atoms with Gasteiger partial charge < -0.3 is 10.1 Å². The second-order valence-corrected chi connectivity index (χ2v) is 5.00. The van der Waals surface area contributed by atoms with Crippen LogP contribution in [-0.4, -0.2) is 7.11 Å². The minimum Gasteiger partial charge on any atom is -0.496 e. The summed E-state index contributed by atoms with van der Waals surface area (Å²) in [4.78, 5) is 0. The molecule has 0 saturated heterocycles. The molecule has 0 fully saturated rings. The molecule has 0 heterocycles. The first-order valence-electron chi connectivity index (χ1n) is 6.42. The van der Waals surface area contributed by atoms with Gasteiger partial charge in [-0.2, -0.15) is 0 Å². The Balaban J connectivity index is 2.04. The second kappa shape index (κ2) is 6.73. The van der Waals surface area contributed by atoms with Crippen LogP contribution in [-0.2, 0) is 6.54 Å². The summed E-state index contributed by atoms with van der Waals surface area (Å²) < 4.78 is 18.7. The molecule has 106 valence electrons. The fourth-order valence-corrected chi connectivity index (χ4v) is 2.13. The number of hydrogen-bond acceptors (Lipinski definition) is 2. The van der Waals surface area contributed by atoms with Crippen LogP contribution in [0.2, 0.25) is 5.02 Å². The number of ether oxygens (including phenoxy) is 1. The molecule has 0 bridgehead atoms. The van der Waals surface area contributed by atoms with Gasteiger partial charge in [0.1, 0.15) is 11.6 Å². The molecule has 2 aromatic rings. The summed E-state index contributed by atoms with van der Waals surface area (Å²) in [6.07, 6.45) is 0. The van der Waals surface area contributed by atoms with Gasteiger partial charge in [0.2, 0.25) is 0 Å². The number of methoxy groups -OCH3 is 1. The smallest absolute Gasteiger partial charge is 0.142 e. The van der Waals surface area contributed by atoms with E-state index >= 15 is 0 Å². The average molecular weight is 294 g/mol. The number of para-hydroxylation sites is 1. The van der Waals surface area contributed by atoms with Gasteiger partial charge in [0.15, 0.2) is 0 Å². The van der Waals surface area contributed by atoms with Crippen LogP contribution in [0, 0.1) is 5.82 Å². The van der Waals surface area contributed by atoms with Crippen LogP contribution in [0.25, 0.3) is 0 Å². The monoisotopic (exact) mass is 293 g/mol. The van der Waals surface area contributed by atoms with Crippen molar-refractivity contribution in [1.29, 1.82) is 0 Å². The molecule has 0 saturated carbocycles. The maximum atomic E-state index is 13.4. The molecule has 0 radical (unpaired) electrons. The lowest BCUT2D eigenvalue weighted by molar-refractivity contribution is 0.406. The maximum Gasteiger partial charge on any atom is 0.142 e. The normalized spacial score (nSPS) is 12.2. The highest BCUT2D eigenvalue weighted by molar-refractivity contribution is 6.30. The molecule has 0 aromatic heterocycles. The van der Waals surface area contributed by atoms with Crippen LogP contribution >= 0.6 is 11.6 Å². The average Bonchev–Trinajstić information content (AvgIpc) is 2.47. The first-order chi connectivity index (χ1) is 9.61. The van der Waals surface area contributed by atoms with E-state index in [1.807, 2.05) is 37.3 Å². The topological polar surface area (TPSA) is 21.3 Å². The van der Waals surface area contributed by atoms with Crippen molar-refractivity contribution in [3.05, 3.63) is 64.4 Å². The van der Waals surface area contributed by atoms with Gasteiger partial charge in [-0.25, -0.2) is 4.39 Å². The summed E-state index contributed by atoms with van der Waals surface area (Å²) in [5.41, 5.74) is 1.93. The number of rotatable bonds is 5. The zero-order chi connectivity index (χ0) is 14.5. The van der Waals surface area contributed by atoms with Crippen LogP contribution in [0.4, 0.5) is 4.39 Å². The van der Waals surface area contributed by atoms with Crippen molar-refractivity contribution in [2.75, 3.05) is 7.11 Å². The molecule has 2 aromatic carbocycles. The molecule has 2 nitrogen and oxygen atoms in total. The van der Waals surface area contributed by atoms with Gasteiger partial charge in [0.05, 0.1) is 12.1 Å². The van der Waals surface area contributed by atoms with E-state index in [4.69, 9.17) is 16.3 Å². The predicted octanol–water partition coefficient (Wildman–Crippen LogP) is 4.34. The van der Waals surface area contributed by atoms with Gasteiger partial charge in [-0.3, -0.25) is 0 Å². The fourth-order valence-electron chi connectivity index (χ4n) is 2.01. The number of benzene rings is 2. The highest BCUT2D eigenvalue weighted by atomic mass is 35.5. The van der Waals surface area contributed by atoms with Crippen LogP contribution in [0.1, 0.15) is 24.1 Å². The number of hydrogen-bond donors (Lipinski definition) is 1. The quantitative estimate of drug-likeness (QED) is 0.885. The molecule has 2 rings (SSSR count). The zero-order valence-corrected chi connectivity index (χ0v) is 12.2. The largest absolute Gasteiger partial charge is 0.496 e. The lowest BCUT2D eigenvalue weighted by atomic mass is 10.1. The summed E-state index contributed by atoms with van der Waals surface area (Å²) >= 11 is 5.69. The van der Waals surface area contributed by atoms with E-state index in [1.54, 1.807) is 13.2 Å². The highest BCUT2D eigenvalue weighted by Gasteiger charge is 2.09. The van der Waals surface area contributed by atoms with Crippen molar-refractivity contribution in [1.82, 2.24) is 5.32 Å². The Bertz CT molecular complexity index is 588. The molecule has 20 heavy (non-hydrogen) atoms. The van der Waals surface area contributed by atoms with Crippen LogP contribution < -0.4 is 10.1 Å². The van der Waals surface area contributed by atoms with Crippen molar-refractivity contribution < 1.29 is 9.13 Å². The summed E-state index contributed by atoms with van der Waals surface area (Å²) in [7, 11) is 1.65. The summed E-state index contributed by atoms with van der Waals surface area (Å²) in [6.45, 7) is 2.63. The standard InChI is InChI=1S/C16H17ClFNO/c1-11(12-7-8-14(17)15(18)9-12)19-10-13-5-3-4-6-16(13)20-2/h3-9,11,19H,10H2,1-2H3. The molecule has 0 aliphatic carbocycles. The Kier molecular flexibility index (Phi) is 4.99. The molecule has 4 heteroatoms. The molecule has 0 aliphatic rings. The molecule has 0 amide bonds. The van der Waals surface area contributed by atoms with Gasteiger partial charge in [-0.05, 0) is 30.7 Å². The van der Waals surface area contributed by atoms with Gasteiger partial charge in [0, 0.05) is 18.2 Å². The second-order valence-electron chi connectivity index (χ2n) is 4.59. The number of halogens is 2. The summed E-state index contributed by atoms with van der Waals surface area (Å²) in [5, 5.41) is 3.49. The van der Waals surface area contributed by atoms with E-state index in [9.17, 15) is 4.39 Å². The Morgan fingerprint density at radius 2 is 2.00 bits per heavy atom. The van der Waals surface area contributed by atoms with Crippen molar-refractivity contribution in [2.45, 2.75) is 19.5 Å². The van der Waals surface area contributed by atoms with Crippen molar-refractivity contribution >= 4 is 11.6 Å². The highest BCUT2D eigenvalue weighted by Crippen LogP contribution is 2.22. The zero-order valence-electron chi connectivity index (χ0n) is 11.5. The third-order valence-corrected chi connectivity index (χ3v) is 3.54. The van der Waals surface area contributed by atoms with Gasteiger partial charge >= 0.3 is 0 Å². The molecule has 1 N–H and O–H groups in total. The summed E-state index contributed by atoms with van der Waals surface area (Å²) in [6, 6.07) is 12.7. The van der Waals surface area contributed by atoms with Crippen molar-refractivity contribution in [2.24, 2.45) is 0 Å². The van der Waals surface area contributed by atoms with E-state index in [0.717, 1.165) is 16.9 Å². The Morgan fingerprint density at radius 1 is 1.25 bits per heavy atom. The predicted molar refractivity (Wildman–Crippen MR) is 79.7 cm³/mol. The van der Waals surface area contributed by atoms with E-state index in [2.05, 4.69) is 5.32 Å². The van der Waals surface area contributed by atoms with Crippen LogP contribution in [0.15, 0.2) is 42.5 Å². The SMILES string of the molecule is COc1ccccc1CNC(C)c1ccc(Cl)c(F)c1. The molecule has 0 spiro atoms. The Hall–Kier alpha value is -1.58. The third-order valence-electron chi connectivity index (χ3n) is 3.23. The minimum absolute atomic E-state index is 0.0201. The number of nitrogens with one attached hydrogen (secondary N) is 1. The maximum absolute atomic E-state index is 13.4. The van der Waals surface area contributed by atoms with Crippen LogP contribution in [0.3, 0.4) is 0 Å². The van der Waals surface area contributed by atoms with Crippen molar-refractivity contribution in [3.63, 3.8) is 0 Å². The van der Waals surface area contributed by atoms with Crippen LogP contribution in [0.5, 0.6) is 5.75 Å². The molecule has 1 unspecified atom stereocenters. The first kappa shape index (κ1) is 14.8. The Labute approximate surface area is 123 Å². The van der Waals surface area contributed by atoms with E-state index < -0.39 is 5.82 Å². The van der Waals surface area contributed by atoms with Gasteiger partial charge in [-0.1, -0.05) is 35.9 Å². The van der Waals surface area contributed by atoms with Gasteiger partial charge in [0.25, 0.3) is 0 Å². The lowest BCUT2D eigenvalue weighted by Gasteiger charge is -2.16. The van der Waals surface area contributed by atoms with E-state index in [-0.39, 0.29) is 11.1 Å². The Morgan fingerprint density at radius 3 is 2.70 bits per heavy atom. The summed E-state index contributed by atoms with van der Waals surface area (Å²) in [5.74, 6) is 0.449. The molecule has 1 atom stereocenters.